The quantitative estimate of drug-likeness (QED) is 0.600. The Morgan fingerprint density at radius 1 is 1.16 bits per heavy atom. The minimum Gasteiger partial charge on any atom is -0.378 e. The van der Waals surface area contributed by atoms with E-state index in [1.807, 2.05) is 25.7 Å². The van der Waals surface area contributed by atoms with Crippen molar-refractivity contribution in [3.63, 3.8) is 0 Å². The number of amides is 2. The summed E-state index contributed by atoms with van der Waals surface area (Å²) < 4.78 is 32.8. The Hall–Kier alpha value is -2.17. The highest BCUT2D eigenvalue weighted by Crippen LogP contribution is 2.27. The molecule has 1 fully saturated rings. The van der Waals surface area contributed by atoms with Gasteiger partial charge >= 0.3 is 0 Å². The highest BCUT2D eigenvalue weighted by Gasteiger charge is 2.28. The summed E-state index contributed by atoms with van der Waals surface area (Å²) in [6.45, 7) is 13.6. The topological polar surface area (TPSA) is 108 Å². The molecule has 0 radical (unpaired) electrons. The monoisotopic (exact) mass is 468 g/mol. The van der Waals surface area contributed by atoms with Crippen LogP contribution in [0.15, 0.2) is 23.1 Å². The molecule has 0 spiro atoms. The first-order valence-electron chi connectivity index (χ1n) is 11.0. The van der Waals surface area contributed by atoms with Gasteiger partial charge in [0, 0.05) is 37.4 Å². The van der Waals surface area contributed by atoms with Crippen LogP contribution in [-0.4, -0.2) is 75.5 Å². The van der Waals surface area contributed by atoms with Gasteiger partial charge in [0.1, 0.15) is 6.04 Å². The van der Waals surface area contributed by atoms with Gasteiger partial charge in [-0.15, -0.1) is 0 Å². The maximum atomic E-state index is 13.2. The van der Waals surface area contributed by atoms with Crippen molar-refractivity contribution in [3.8, 4) is 0 Å². The predicted molar refractivity (Wildman–Crippen MR) is 124 cm³/mol. The molecule has 0 aliphatic carbocycles. The van der Waals surface area contributed by atoms with Crippen LogP contribution in [0.1, 0.15) is 51.9 Å². The van der Waals surface area contributed by atoms with Crippen LogP contribution in [0.2, 0.25) is 0 Å². The number of morpholine rings is 1. The van der Waals surface area contributed by atoms with Crippen LogP contribution in [0.4, 0.5) is 5.69 Å². The summed E-state index contributed by atoms with van der Waals surface area (Å²) in [7, 11) is -3.74. The molecule has 1 aliphatic heterocycles. The second-order valence-electron chi connectivity index (χ2n) is 8.80. The van der Waals surface area contributed by atoms with E-state index in [2.05, 4.69) is 10.6 Å². The largest absolute Gasteiger partial charge is 0.378 e. The van der Waals surface area contributed by atoms with Gasteiger partial charge in [0.05, 0.1) is 23.7 Å². The number of benzene rings is 1. The maximum Gasteiger partial charge on any atom is 0.254 e. The minimum atomic E-state index is -3.74. The van der Waals surface area contributed by atoms with Crippen molar-refractivity contribution in [1.29, 1.82) is 0 Å². The Morgan fingerprint density at radius 3 is 2.28 bits per heavy atom. The molecule has 2 amide bonds. The van der Waals surface area contributed by atoms with Gasteiger partial charge in [0.2, 0.25) is 15.9 Å². The fourth-order valence-corrected chi connectivity index (χ4v) is 4.95. The molecular formula is C22H36N4O5S. The molecule has 32 heavy (non-hydrogen) atoms. The Balaban J connectivity index is 2.42. The average molecular weight is 469 g/mol. The van der Waals surface area contributed by atoms with E-state index in [4.69, 9.17) is 4.74 Å². The molecule has 2 rings (SSSR count). The molecule has 1 heterocycles. The summed E-state index contributed by atoms with van der Waals surface area (Å²) in [6.07, 6.45) is 0. The molecule has 0 aromatic heterocycles. The third kappa shape index (κ3) is 6.43. The van der Waals surface area contributed by atoms with Crippen molar-refractivity contribution in [2.75, 3.05) is 44.3 Å². The summed E-state index contributed by atoms with van der Waals surface area (Å²) in [4.78, 5) is 27.7. The fourth-order valence-electron chi connectivity index (χ4n) is 3.47. The molecule has 1 atom stereocenters. The van der Waals surface area contributed by atoms with E-state index in [9.17, 15) is 18.0 Å². The van der Waals surface area contributed by atoms with Crippen molar-refractivity contribution >= 4 is 27.5 Å². The van der Waals surface area contributed by atoms with Crippen LogP contribution in [0, 0.1) is 0 Å². The summed E-state index contributed by atoms with van der Waals surface area (Å²) in [5, 5.41) is 5.55. The van der Waals surface area contributed by atoms with E-state index in [1.54, 1.807) is 26.8 Å². The molecule has 1 aromatic rings. The average Bonchev–Trinajstić information content (AvgIpc) is 2.73. The van der Waals surface area contributed by atoms with Crippen LogP contribution >= 0.6 is 0 Å². The number of nitrogens with zero attached hydrogens (tertiary/aromatic N) is 2. The predicted octanol–water partition coefficient (Wildman–Crippen LogP) is 1.59. The first-order chi connectivity index (χ1) is 14.9. The number of ether oxygens (including phenoxy) is 1. The van der Waals surface area contributed by atoms with E-state index in [1.165, 1.54) is 16.4 Å². The Morgan fingerprint density at radius 2 is 1.75 bits per heavy atom. The number of nitrogens with one attached hydrogen (secondary N) is 2. The molecule has 1 aliphatic rings. The van der Waals surface area contributed by atoms with Crippen LogP contribution in [0.5, 0.6) is 0 Å². The summed E-state index contributed by atoms with van der Waals surface area (Å²) in [6, 6.07) is 3.81. The number of carbonyl (C=O) groups excluding carboxylic acids is 2. The molecule has 9 nitrogen and oxygen atoms in total. The van der Waals surface area contributed by atoms with Crippen LogP contribution in [-0.2, 0) is 19.6 Å². The molecule has 0 bridgehead atoms. The van der Waals surface area contributed by atoms with Gasteiger partial charge in [0.25, 0.3) is 5.91 Å². The standard InChI is InChI=1S/C22H36N4O5S/c1-7-26(8-2)32(29,30)17-9-10-19(25-11-13-31-14-12-25)18(15-17)21(28)23-16(3)20(27)24-22(4,5)6/h9-10,15-16H,7-8,11-14H2,1-6H3,(H,23,28)(H,24,27). The van der Waals surface area contributed by atoms with Gasteiger partial charge in [-0.25, -0.2) is 8.42 Å². The number of hydrogen-bond acceptors (Lipinski definition) is 6. The molecule has 180 valence electrons. The SMILES string of the molecule is CCN(CC)S(=O)(=O)c1ccc(N2CCOCC2)c(C(=O)NC(C)C(=O)NC(C)(C)C)c1. The smallest absolute Gasteiger partial charge is 0.254 e. The third-order valence-corrected chi connectivity index (χ3v) is 7.19. The third-order valence-electron chi connectivity index (χ3n) is 5.15. The molecule has 10 heteroatoms. The van der Waals surface area contributed by atoms with E-state index in [0.717, 1.165) is 0 Å². The van der Waals surface area contributed by atoms with Gasteiger partial charge in [-0.2, -0.15) is 4.31 Å². The second-order valence-corrected chi connectivity index (χ2v) is 10.7. The van der Waals surface area contributed by atoms with E-state index < -0.39 is 27.5 Å². The van der Waals surface area contributed by atoms with Crippen LogP contribution < -0.4 is 15.5 Å². The normalized spacial score (nSPS) is 16.0. The zero-order valence-electron chi connectivity index (χ0n) is 19.9. The van der Waals surface area contributed by atoms with Crippen molar-refractivity contribution in [2.45, 2.75) is 58.0 Å². The second kappa shape index (κ2) is 10.6. The minimum absolute atomic E-state index is 0.0511. The van der Waals surface area contributed by atoms with Gasteiger partial charge in [-0.1, -0.05) is 13.8 Å². The fraction of sp³-hybridized carbons (Fsp3) is 0.636. The first-order valence-corrected chi connectivity index (χ1v) is 12.4. The number of hydrogen-bond donors (Lipinski definition) is 2. The van der Waals surface area contributed by atoms with Gasteiger partial charge in [0.15, 0.2) is 0 Å². The first kappa shape index (κ1) is 26.1. The van der Waals surface area contributed by atoms with E-state index >= 15 is 0 Å². The molecular weight excluding hydrogens is 432 g/mol. The Labute approximate surface area is 191 Å². The molecule has 0 saturated carbocycles. The summed E-state index contributed by atoms with van der Waals surface area (Å²) in [5.41, 5.74) is 0.399. The number of sulfonamides is 1. The number of anilines is 1. The molecule has 1 unspecified atom stereocenters. The zero-order chi connectivity index (χ0) is 24.1. The van der Waals surface area contributed by atoms with Gasteiger partial charge in [-0.05, 0) is 45.9 Å². The maximum absolute atomic E-state index is 13.2. The Kier molecular flexibility index (Phi) is 8.67. The van der Waals surface area contributed by atoms with Gasteiger partial charge < -0.3 is 20.3 Å². The lowest BCUT2D eigenvalue weighted by atomic mass is 10.1. The van der Waals surface area contributed by atoms with Gasteiger partial charge in [-0.3, -0.25) is 9.59 Å². The highest BCUT2D eigenvalue weighted by molar-refractivity contribution is 7.89. The lowest BCUT2D eigenvalue weighted by molar-refractivity contribution is -0.124. The highest BCUT2D eigenvalue weighted by atomic mass is 32.2. The van der Waals surface area contributed by atoms with Crippen molar-refractivity contribution in [3.05, 3.63) is 23.8 Å². The number of rotatable bonds is 8. The summed E-state index contributed by atoms with van der Waals surface area (Å²) >= 11 is 0. The van der Waals surface area contributed by atoms with Crippen LogP contribution in [0.3, 0.4) is 0 Å². The van der Waals surface area contributed by atoms with Crippen LogP contribution in [0.25, 0.3) is 0 Å². The van der Waals surface area contributed by atoms with Crippen molar-refractivity contribution in [2.24, 2.45) is 0 Å². The Bertz CT molecular complexity index is 917. The van der Waals surface area contributed by atoms with Crippen molar-refractivity contribution < 1.29 is 22.7 Å². The molecule has 1 aromatic carbocycles. The lowest BCUT2D eigenvalue weighted by Gasteiger charge is -2.31. The van der Waals surface area contributed by atoms with Crippen molar-refractivity contribution in [1.82, 2.24) is 14.9 Å². The van der Waals surface area contributed by atoms with E-state index in [-0.39, 0.29) is 16.4 Å². The zero-order valence-corrected chi connectivity index (χ0v) is 20.7. The number of carbonyl (C=O) groups is 2. The molecule has 2 N–H and O–H groups in total. The lowest BCUT2D eigenvalue weighted by Crippen LogP contribution is -2.51. The summed E-state index contributed by atoms with van der Waals surface area (Å²) in [5.74, 6) is -0.815. The molecule has 1 saturated heterocycles. The van der Waals surface area contributed by atoms with E-state index in [0.29, 0.717) is 45.1 Å².